The molecule has 0 spiro atoms. The third-order valence-electron chi connectivity index (χ3n) is 3.30. The summed E-state index contributed by atoms with van der Waals surface area (Å²) in [6.45, 7) is 4.75. The first-order chi connectivity index (χ1) is 11.0. The first kappa shape index (κ1) is 17.2. The van der Waals surface area contributed by atoms with Crippen molar-refractivity contribution in [1.82, 2.24) is 15.8 Å². The van der Waals surface area contributed by atoms with Gasteiger partial charge in [-0.3, -0.25) is 4.21 Å². The Hall–Kier alpha value is -2.15. The number of hydrogen-bond donors (Lipinski definition) is 2. The predicted octanol–water partition coefficient (Wildman–Crippen LogP) is 2.53. The molecule has 2 aromatic rings. The molecule has 0 aliphatic heterocycles. The Morgan fingerprint density at radius 1 is 1.22 bits per heavy atom. The third-order valence-corrected chi connectivity index (χ3v) is 4.24. The van der Waals surface area contributed by atoms with Gasteiger partial charge in [-0.15, -0.1) is 0 Å². The van der Waals surface area contributed by atoms with Crippen LogP contribution < -0.4 is 10.6 Å². The summed E-state index contributed by atoms with van der Waals surface area (Å²) in [4.78, 5) is 12.5. The minimum absolute atomic E-state index is 0.282. The molecule has 1 atom stereocenters. The maximum absolute atomic E-state index is 11.8. The average molecular weight is 335 g/mol. The Morgan fingerprint density at radius 3 is 2.43 bits per heavy atom. The highest BCUT2D eigenvalue weighted by Crippen LogP contribution is 2.13. The fourth-order valence-electron chi connectivity index (χ4n) is 1.90. The van der Waals surface area contributed by atoms with Crippen LogP contribution in [0.15, 0.2) is 39.8 Å². The van der Waals surface area contributed by atoms with Gasteiger partial charge in [0.05, 0.1) is 12.2 Å². The first-order valence-corrected chi connectivity index (χ1v) is 8.91. The Labute approximate surface area is 138 Å². The lowest BCUT2D eigenvalue weighted by Gasteiger charge is -2.06. The molecule has 1 aromatic carbocycles. The van der Waals surface area contributed by atoms with E-state index in [4.69, 9.17) is 4.52 Å². The van der Waals surface area contributed by atoms with E-state index in [1.807, 2.05) is 32.0 Å². The van der Waals surface area contributed by atoms with Crippen LogP contribution >= 0.6 is 0 Å². The zero-order valence-corrected chi connectivity index (χ0v) is 14.3. The molecule has 0 fully saturated rings. The van der Waals surface area contributed by atoms with Crippen molar-refractivity contribution < 1.29 is 13.5 Å². The molecule has 1 heterocycles. The quantitative estimate of drug-likeness (QED) is 0.849. The van der Waals surface area contributed by atoms with Crippen LogP contribution in [0.3, 0.4) is 0 Å². The van der Waals surface area contributed by atoms with Crippen molar-refractivity contribution in [3.05, 3.63) is 47.3 Å². The van der Waals surface area contributed by atoms with E-state index >= 15 is 0 Å². The van der Waals surface area contributed by atoms with Gasteiger partial charge < -0.3 is 15.2 Å². The highest BCUT2D eigenvalue weighted by molar-refractivity contribution is 7.84. The molecule has 7 heteroatoms. The Kier molecular flexibility index (Phi) is 5.92. The molecular formula is C16H21N3O3S. The highest BCUT2D eigenvalue weighted by atomic mass is 32.2. The zero-order chi connectivity index (χ0) is 16.8. The van der Waals surface area contributed by atoms with E-state index in [0.717, 1.165) is 16.2 Å². The van der Waals surface area contributed by atoms with Crippen LogP contribution in [-0.2, 0) is 23.9 Å². The monoisotopic (exact) mass is 335 g/mol. The van der Waals surface area contributed by atoms with Crippen LogP contribution in [0, 0.1) is 0 Å². The number of benzene rings is 1. The Bertz CT molecular complexity index is 680. The summed E-state index contributed by atoms with van der Waals surface area (Å²) in [5.74, 6) is 0.917. The van der Waals surface area contributed by atoms with Gasteiger partial charge in [0, 0.05) is 34.6 Å². The maximum atomic E-state index is 11.8. The summed E-state index contributed by atoms with van der Waals surface area (Å²) >= 11 is 0. The molecule has 0 bridgehead atoms. The van der Waals surface area contributed by atoms with E-state index in [0.29, 0.717) is 24.8 Å². The van der Waals surface area contributed by atoms with Crippen LogP contribution in [0.2, 0.25) is 0 Å². The number of carbonyl (C=O) groups is 1. The Morgan fingerprint density at radius 2 is 1.87 bits per heavy atom. The number of rotatable bonds is 6. The minimum atomic E-state index is -0.992. The maximum Gasteiger partial charge on any atom is 0.315 e. The second kappa shape index (κ2) is 7.92. The molecule has 124 valence electrons. The molecule has 6 nitrogen and oxygen atoms in total. The number of nitrogens with zero attached hydrogens (tertiary/aromatic N) is 1. The normalized spacial score (nSPS) is 12.2. The number of amides is 2. The van der Waals surface area contributed by atoms with Crippen molar-refractivity contribution in [3.63, 3.8) is 0 Å². The molecule has 23 heavy (non-hydrogen) atoms. The second-order valence-electron chi connectivity index (χ2n) is 5.51. The molecular weight excluding hydrogens is 314 g/mol. The molecule has 2 N–H and O–H groups in total. The van der Waals surface area contributed by atoms with E-state index in [1.165, 1.54) is 0 Å². The van der Waals surface area contributed by atoms with Gasteiger partial charge in [-0.1, -0.05) is 31.1 Å². The summed E-state index contributed by atoms with van der Waals surface area (Å²) in [6.07, 6.45) is 1.63. The van der Waals surface area contributed by atoms with Gasteiger partial charge in [0.25, 0.3) is 0 Å². The van der Waals surface area contributed by atoms with Gasteiger partial charge in [0.1, 0.15) is 0 Å². The van der Waals surface area contributed by atoms with Crippen LogP contribution in [0.5, 0.6) is 0 Å². The summed E-state index contributed by atoms with van der Waals surface area (Å²) in [6, 6.07) is 8.86. The molecule has 0 saturated heterocycles. The molecule has 0 radical (unpaired) electrons. The van der Waals surface area contributed by atoms with Crippen molar-refractivity contribution in [2.45, 2.75) is 37.8 Å². The fourth-order valence-corrected chi connectivity index (χ4v) is 2.41. The summed E-state index contributed by atoms with van der Waals surface area (Å²) < 4.78 is 16.5. The molecule has 0 saturated carbocycles. The summed E-state index contributed by atoms with van der Waals surface area (Å²) in [7, 11) is -0.992. The minimum Gasteiger partial charge on any atom is -0.359 e. The largest absolute Gasteiger partial charge is 0.359 e. The standard InChI is InChI=1S/C16H21N3O3S/c1-11(2)15-8-13(22-19-15)10-18-16(20)17-9-12-4-6-14(7-5-12)23(3)21/h4-8,11H,9-10H2,1-3H3,(H2,17,18,20)/t23-/m1/s1. The van der Waals surface area contributed by atoms with Gasteiger partial charge in [0.15, 0.2) is 5.76 Å². The molecule has 2 rings (SSSR count). The number of nitrogens with one attached hydrogen (secondary N) is 2. The van der Waals surface area contributed by atoms with Crippen LogP contribution in [0.25, 0.3) is 0 Å². The SMILES string of the molecule is CC(C)c1cc(CNC(=O)NCc2ccc([S@@](C)=O)cc2)on1. The lowest BCUT2D eigenvalue weighted by atomic mass is 10.1. The number of carbonyl (C=O) groups excluding carboxylic acids is 1. The molecule has 0 aliphatic carbocycles. The first-order valence-electron chi connectivity index (χ1n) is 7.35. The smallest absolute Gasteiger partial charge is 0.315 e. The second-order valence-corrected chi connectivity index (χ2v) is 6.89. The van der Waals surface area contributed by atoms with E-state index < -0.39 is 10.8 Å². The summed E-state index contributed by atoms with van der Waals surface area (Å²) in [5, 5.41) is 9.42. The zero-order valence-electron chi connectivity index (χ0n) is 13.5. The van der Waals surface area contributed by atoms with Crippen molar-refractivity contribution in [2.75, 3.05) is 6.26 Å². The van der Waals surface area contributed by atoms with Crippen molar-refractivity contribution in [2.24, 2.45) is 0 Å². The summed E-state index contributed by atoms with van der Waals surface area (Å²) in [5.41, 5.74) is 1.81. The van der Waals surface area contributed by atoms with E-state index in [1.54, 1.807) is 18.4 Å². The molecule has 1 aromatic heterocycles. The van der Waals surface area contributed by atoms with E-state index in [-0.39, 0.29) is 6.03 Å². The predicted molar refractivity (Wildman–Crippen MR) is 88.4 cm³/mol. The topological polar surface area (TPSA) is 84.2 Å². The van der Waals surface area contributed by atoms with Crippen LogP contribution in [-0.4, -0.2) is 21.7 Å². The fraction of sp³-hybridized carbons (Fsp3) is 0.375. The number of hydrogen-bond acceptors (Lipinski definition) is 4. The lowest BCUT2D eigenvalue weighted by molar-refractivity contribution is 0.238. The molecule has 2 amide bonds. The third kappa shape index (κ3) is 5.21. The number of aromatic nitrogens is 1. The van der Waals surface area contributed by atoms with Gasteiger partial charge in [-0.25, -0.2) is 4.79 Å². The van der Waals surface area contributed by atoms with Gasteiger partial charge in [0.2, 0.25) is 0 Å². The van der Waals surface area contributed by atoms with E-state index in [2.05, 4.69) is 15.8 Å². The van der Waals surface area contributed by atoms with E-state index in [9.17, 15) is 9.00 Å². The van der Waals surface area contributed by atoms with Gasteiger partial charge in [-0.2, -0.15) is 0 Å². The van der Waals surface area contributed by atoms with Gasteiger partial charge >= 0.3 is 6.03 Å². The highest BCUT2D eigenvalue weighted by Gasteiger charge is 2.08. The Balaban J connectivity index is 1.77. The molecule has 0 aliphatic rings. The molecule has 0 unspecified atom stereocenters. The van der Waals surface area contributed by atoms with Crippen molar-refractivity contribution >= 4 is 16.8 Å². The van der Waals surface area contributed by atoms with Gasteiger partial charge in [-0.05, 0) is 23.6 Å². The van der Waals surface area contributed by atoms with Crippen molar-refractivity contribution in [1.29, 1.82) is 0 Å². The number of urea groups is 1. The lowest BCUT2D eigenvalue weighted by Crippen LogP contribution is -2.34. The van der Waals surface area contributed by atoms with Crippen LogP contribution in [0.1, 0.15) is 36.8 Å². The average Bonchev–Trinajstić information content (AvgIpc) is 3.00. The van der Waals surface area contributed by atoms with Crippen molar-refractivity contribution in [3.8, 4) is 0 Å². The van der Waals surface area contributed by atoms with Crippen LogP contribution in [0.4, 0.5) is 4.79 Å².